The van der Waals surface area contributed by atoms with Crippen molar-refractivity contribution < 1.29 is 5.11 Å². The Kier molecular flexibility index (Phi) is 4.85. The van der Waals surface area contributed by atoms with E-state index < -0.39 is 6.10 Å². The van der Waals surface area contributed by atoms with Crippen molar-refractivity contribution in [1.29, 1.82) is 5.26 Å². The summed E-state index contributed by atoms with van der Waals surface area (Å²) in [6, 6.07) is 2.17. The number of hydrogen-bond acceptors (Lipinski definition) is 5. The molecule has 2 N–H and O–H groups in total. The molecule has 5 nitrogen and oxygen atoms in total. The first-order valence-electron chi connectivity index (χ1n) is 5.84. The Morgan fingerprint density at radius 3 is 2.53 bits per heavy atom. The van der Waals surface area contributed by atoms with Crippen LogP contribution in [0.15, 0.2) is 0 Å². The molecule has 0 radical (unpaired) electrons. The van der Waals surface area contributed by atoms with Crippen LogP contribution < -0.4 is 5.32 Å². The van der Waals surface area contributed by atoms with E-state index >= 15 is 0 Å². The maximum atomic E-state index is 9.21. The van der Waals surface area contributed by atoms with E-state index in [0.717, 1.165) is 24.1 Å². The molecule has 17 heavy (non-hydrogen) atoms. The molecule has 1 rings (SSSR count). The van der Waals surface area contributed by atoms with E-state index in [1.54, 1.807) is 6.92 Å². The first-order chi connectivity index (χ1) is 8.13. The van der Waals surface area contributed by atoms with Crippen LogP contribution in [-0.2, 0) is 12.8 Å². The van der Waals surface area contributed by atoms with Gasteiger partial charge in [0.2, 0.25) is 0 Å². The molecule has 1 aromatic rings. The molecule has 0 saturated heterocycles. The lowest BCUT2D eigenvalue weighted by Crippen LogP contribution is -2.18. The van der Waals surface area contributed by atoms with Gasteiger partial charge in [0.05, 0.1) is 11.8 Å². The van der Waals surface area contributed by atoms with Gasteiger partial charge in [-0.2, -0.15) is 10.4 Å². The van der Waals surface area contributed by atoms with E-state index in [-0.39, 0.29) is 0 Å². The number of aliphatic hydroxyl groups is 1. The molecular weight excluding hydrogens is 216 g/mol. The average Bonchev–Trinajstić information content (AvgIpc) is 2.34. The summed E-state index contributed by atoms with van der Waals surface area (Å²) in [5, 5.41) is 29.5. The third-order valence-corrected chi connectivity index (χ3v) is 2.52. The number of aryl methyl sites for hydroxylation is 1. The normalized spacial score (nSPS) is 11.9. The zero-order valence-corrected chi connectivity index (χ0v) is 10.5. The monoisotopic (exact) mass is 234 g/mol. The molecular formula is C12H18N4O. The van der Waals surface area contributed by atoms with Gasteiger partial charge in [0.25, 0.3) is 0 Å². The van der Waals surface area contributed by atoms with Crippen LogP contribution in [0.5, 0.6) is 0 Å². The highest BCUT2D eigenvalue weighted by molar-refractivity contribution is 5.56. The Morgan fingerprint density at radius 1 is 1.35 bits per heavy atom. The highest BCUT2D eigenvalue weighted by Gasteiger charge is 2.14. The molecule has 0 aromatic carbocycles. The fourth-order valence-electron chi connectivity index (χ4n) is 1.66. The van der Waals surface area contributed by atoms with E-state index in [1.807, 2.05) is 13.8 Å². The Balaban J connectivity index is 3.11. The predicted octanol–water partition coefficient (Wildman–Crippen LogP) is 1.27. The number of nitrogens with one attached hydrogen (secondary N) is 1. The lowest BCUT2D eigenvalue weighted by molar-refractivity contribution is 0.208. The van der Waals surface area contributed by atoms with Crippen molar-refractivity contribution in [3.05, 3.63) is 16.8 Å². The molecule has 0 spiro atoms. The van der Waals surface area contributed by atoms with Gasteiger partial charge in [-0.05, 0) is 25.3 Å². The molecule has 92 valence electrons. The number of aromatic nitrogens is 2. The summed E-state index contributed by atoms with van der Waals surface area (Å²) in [7, 11) is 0. The van der Waals surface area contributed by atoms with Crippen LogP contribution in [0.1, 0.15) is 37.6 Å². The number of nitrogens with zero attached hydrogens (tertiary/aromatic N) is 3. The van der Waals surface area contributed by atoms with Crippen molar-refractivity contribution >= 4 is 5.82 Å². The summed E-state index contributed by atoms with van der Waals surface area (Å²) < 4.78 is 0. The van der Waals surface area contributed by atoms with Crippen molar-refractivity contribution in [2.45, 2.75) is 39.7 Å². The molecule has 0 amide bonds. The number of anilines is 1. The first-order valence-corrected chi connectivity index (χ1v) is 5.84. The van der Waals surface area contributed by atoms with Gasteiger partial charge in [0.15, 0.2) is 5.82 Å². The number of nitriles is 1. The van der Waals surface area contributed by atoms with Crippen LogP contribution in [0, 0.1) is 11.3 Å². The Morgan fingerprint density at radius 2 is 2.06 bits per heavy atom. The summed E-state index contributed by atoms with van der Waals surface area (Å²) in [5.74, 6) is 0.461. The minimum atomic E-state index is -0.487. The van der Waals surface area contributed by atoms with Crippen LogP contribution in [0.2, 0.25) is 0 Å². The summed E-state index contributed by atoms with van der Waals surface area (Å²) in [6.45, 7) is 6.02. The average molecular weight is 234 g/mol. The third kappa shape index (κ3) is 3.14. The molecule has 0 saturated carbocycles. The number of aliphatic hydroxyl groups excluding tert-OH is 1. The maximum Gasteiger partial charge on any atom is 0.167 e. The van der Waals surface area contributed by atoms with Crippen molar-refractivity contribution in [2.75, 3.05) is 11.9 Å². The fraction of sp³-hybridized carbons (Fsp3) is 0.583. The second-order valence-corrected chi connectivity index (χ2v) is 3.90. The third-order valence-electron chi connectivity index (χ3n) is 2.52. The minimum absolute atomic E-state index is 0.359. The van der Waals surface area contributed by atoms with Gasteiger partial charge in [-0.25, -0.2) is 0 Å². The van der Waals surface area contributed by atoms with Gasteiger partial charge >= 0.3 is 0 Å². The van der Waals surface area contributed by atoms with Crippen molar-refractivity contribution in [2.24, 2.45) is 0 Å². The van der Waals surface area contributed by atoms with E-state index in [9.17, 15) is 10.4 Å². The lowest BCUT2D eigenvalue weighted by Gasteiger charge is -2.12. The van der Waals surface area contributed by atoms with Gasteiger partial charge in [0, 0.05) is 6.54 Å². The maximum absolute atomic E-state index is 9.21. The van der Waals surface area contributed by atoms with Crippen LogP contribution in [0.3, 0.4) is 0 Å². The Labute approximate surface area is 101 Å². The molecule has 0 aliphatic heterocycles. The molecule has 1 aromatic heterocycles. The highest BCUT2D eigenvalue weighted by Crippen LogP contribution is 2.19. The zero-order chi connectivity index (χ0) is 12.8. The van der Waals surface area contributed by atoms with Gasteiger partial charge in [-0.3, -0.25) is 0 Å². The van der Waals surface area contributed by atoms with E-state index in [0.29, 0.717) is 17.9 Å². The second kappa shape index (κ2) is 6.16. The van der Waals surface area contributed by atoms with Crippen LogP contribution in [-0.4, -0.2) is 28.0 Å². The van der Waals surface area contributed by atoms with E-state index in [4.69, 9.17) is 0 Å². The SMILES string of the molecule is CCc1nnc(NCC(C)O)c(C#N)c1CC. The molecule has 0 bridgehead atoms. The van der Waals surface area contributed by atoms with Crippen LogP contribution >= 0.6 is 0 Å². The molecule has 0 aliphatic rings. The smallest absolute Gasteiger partial charge is 0.167 e. The van der Waals surface area contributed by atoms with E-state index in [2.05, 4.69) is 21.6 Å². The van der Waals surface area contributed by atoms with Crippen LogP contribution in [0.25, 0.3) is 0 Å². The molecule has 1 atom stereocenters. The number of rotatable bonds is 5. The van der Waals surface area contributed by atoms with Gasteiger partial charge < -0.3 is 10.4 Å². The molecule has 5 heteroatoms. The van der Waals surface area contributed by atoms with Crippen molar-refractivity contribution in [1.82, 2.24) is 10.2 Å². The Hall–Kier alpha value is -1.67. The second-order valence-electron chi connectivity index (χ2n) is 3.90. The van der Waals surface area contributed by atoms with Crippen molar-refractivity contribution in [3.8, 4) is 6.07 Å². The minimum Gasteiger partial charge on any atom is -0.392 e. The number of hydrogen-bond donors (Lipinski definition) is 2. The van der Waals surface area contributed by atoms with Gasteiger partial charge in [-0.15, -0.1) is 5.10 Å². The summed E-state index contributed by atoms with van der Waals surface area (Å²) in [6.07, 6.45) is 1.03. The summed E-state index contributed by atoms with van der Waals surface area (Å²) >= 11 is 0. The highest BCUT2D eigenvalue weighted by atomic mass is 16.3. The lowest BCUT2D eigenvalue weighted by atomic mass is 10.0. The quantitative estimate of drug-likeness (QED) is 0.801. The van der Waals surface area contributed by atoms with Gasteiger partial charge in [0.1, 0.15) is 11.6 Å². The Bertz CT molecular complexity index is 423. The molecule has 1 unspecified atom stereocenters. The largest absolute Gasteiger partial charge is 0.392 e. The summed E-state index contributed by atoms with van der Waals surface area (Å²) in [4.78, 5) is 0. The fourth-order valence-corrected chi connectivity index (χ4v) is 1.66. The topological polar surface area (TPSA) is 81.8 Å². The molecule has 1 heterocycles. The first kappa shape index (κ1) is 13.4. The zero-order valence-electron chi connectivity index (χ0n) is 10.5. The standard InChI is InChI=1S/C12H18N4O/c1-4-9-10(6-13)12(14-7-8(3)17)16-15-11(9)5-2/h8,17H,4-5,7H2,1-3H3,(H,14,16). The van der Waals surface area contributed by atoms with Gasteiger partial charge in [-0.1, -0.05) is 13.8 Å². The van der Waals surface area contributed by atoms with E-state index in [1.165, 1.54) is 0 Å². The summed E-state index contributed by atoms with van der Waals surface area (Å²) in [5.41, 5.74) is 2.35. The molecule has 0 fully saturated rings. The predicted molar refractivity (Wildman–Crippen MR) is 65.7 cm³/mol. The van der Waals surface area contributed by atoms with Crippen LogP contribution in [0.4, 0.5) is 5.82 Å². The molecule has 0 aliphatic carbocycles. The van der Waals surface area contributed by atoms with Crippen molar-refractivity contribution in [3.63, 3.8) is 0 Å².